The number of alkyl halides is 3. The molecule has 0 spiro atoms. The molecule has 0 saturated heterocycles. The number of nitrogens with one attached hydrogen (secondary N) is 2. The first kappa shape index (κ1) is 16.8. The second-order valence-corrected chi connectivity index (χ2v) is 5.33. The Morgan fingerprint density at radius 3 is 2.52 bits per heavy atom. The Morgan fingerprint density at radius 2 is 2.00 bits per heavy atom. The molecule has 0 aliphatic heterocycles. The van der Waals surface area contributed by atoms with E-state index < -0.39 is 23.2 Å². The number of hydrogen-bond donors (Lipinski definition) is 2. The lowest BCUT2D eigenvalue weighted by Gasteiger charge is -2.24. The van der Waals surface area contributed by atoms with E-state index in [0.717, 1.165) is 18.2 Å². The third kappa shape index (κ3) is 3.61. The molecule has 1 amide bonds. The van der Waals surface area contributed by atoms with Crippen molar-refractivity contribution in [1.29, 1.82) is 0 Å². The first-order valence-corrected chi connectivity index (χ1v) is 6.59. The predicted octanol–water partition coefficient (Wildman–Crippen LogP) is 2.50. The van der Waals surface area contributed by atoms with Gasteiger partial charge in [0.25, 0.3) is 5.91 Å². The van der Waals surface area contributed by atoms with Gasteiger partial charge in [0.1, 0.15) is 17.9 Å². The number of aromatic amines is 1. The highest BCUT2D eigenvalue weighted by Crippen LogP contribution is 2.33. The predicted molar refractivity (Wildman–Crippen MR) is 74.9 cm³/mol. The normalized spacial score (nSPS) is 12.1. The van der Waals surface area contributed by atoms with Crippen LogP contribution in [0.1, 0.15) is 35.6 Å². The zero-order valence-electron chi connectivity index (χ0n) is 12.7. The van der Waals surface area contributed by atoms with Gasteiger partial charge in [-0.2, -0.15) is 18.3 Å². The zero-order chi connectivity index (χ0) is 17.3. The molecule has 0 aliphatic carbocycles. The van der Waals surface area contributed by atoms with Crippen molar-refractivity contribution in [2.24, 2.45) is 0 Å². The van der Waals surface area contributed by atoms with Crippen molar-refractivity contribution in [3.63, 3.8) is 0 Å². The highest BCUT2D eigenvalue weighted by atomic mass is 19.4. The molecule has 1 heterocycles. The Labute approximate surface area is 130 Å². The second-order valence-electron chi connectivity index (χ2n) is 5.33. The van der Waals surface area contributed by atoms with Gasteiger partial charge in [-0.25, -0.2) is 4.98 Å². The molecule has 0 saturated carbocycles. The van der Waals surface area contributed by atoms with Crippen LogP contribution in [0.15, 0.2) is 24.5 Å². The average molecular weight is 328 g/mol. The van der Waals surface area contributed by atoms with Gasteiger partial charge in [-0.3, -0.25) is 9.89 Å². The molecule has 1 aromatic carbocycles. The molecule has 0 fully saturated rings. The number of benzene rings is 1. The number of amides is 1. The van der Waals surface area contributed by atoms with Crippen molar-refractivity contribution in [2.45, 2.75) is 25.6 Å². The van der Waals surface area contributed by atoms with Crippen molar-refractivity contribution >= 4 is 5.91 Å². The molecule has 6 nitrogen and oxygen atoms in total. The van der Waals surface area contributed by atoms with Crippen LogP contribution in [0.3, 0.4) is 0 Å². The molecule has 0 unspecified atom stereocenters. The van der Waals surface area contributed by atoms with Crippen LogP contribution in [0, 0.1) is 0 Å². The SMILES string of the molecule is COc1cc(C(F)(F)F)ccc1C(=O)NC(C)(C)c1ncn[nH]1. The average Bonchev–Trinajstić information content (AvgIpc) is 3.00. The van der Waals surface area contributed by atoms with E-state index in [4.69, 9.17) is 4.74 Å². The van der Waals surface area contributed by atoms with Gasteiger partial charge in [0, 0.05) is 0 Å². The fraction of sp³-hybridized carbons (Fsp3) is 0.357. The maximum Gasteiger partial charge on any atom is 0.416 e. The number of ether oxygens (including phenoxy) is 1. The fourth-order valence-electron chi connectivity index (χ4n) is 1.97. The lowest BCUT2D eigenvalue weighted by molar-refractivity contribution is -0.137. The Balaban J connectivity index is 2.29. The highest BCUT2D eigenvalue weighted by molar-refractivity contribution is 5.97. The topological polar surface area (TPSA) is 79.9 Å². The summed E-state index contributed by atoms with van der Waals surface area (Å²) >= 11 is 0. The molecule has 2 aromatic rings. The summed E-state index contributed by atoms with van der Waals surface area (Å²) in [6.45, 7) is 3.37. The molecule has 0 atom stereocenters. The Kier molecular flexibility index (Phi) is 4.31. The van der Waals surface area contributed by atoms with Crippen LogP contribution in [0.25, 0.3) is 0 Å². The van der Waals surface area contributed by atoms with Gasteiger partial charge in [-0.15, -0.1) is 0 Å². The number of carbonyl (C=O) groups is 1. The van der Waals surface area contributed by atoms with Crippen LogP contribution < -0.4 is 10.1 Å². The molecular weight excluding hydrogens is 313 g/mol. The van der Waals surface area contributed by atoms with E-state index in [1.54, 1.807) is 13.8 Å². The van der Waals surface area contributed by atoms with E-state index in [9.17, 15) is 18.0 Å². The third-order valence-corrected chi connectivity index (χ3v) is 3.21. The Bertz CT molecular complexity index is 697. The summed E-state index contributed by atoms with van der Waals surface area (Å²) in [5.74, 6) is -0.334. The molecule has 23 heavy (non-hydrogen) atoms. The van der Waals surface area contributed by atoms with Crippen molar-refractivity contribution in [3.05, 3.63) is 41.5 Å². The van der Waals surface area contributed by atoms with Crippen LogP contribution in [0.2, 0.25) is 0 Å². The maximum absolute atomic E-state index is 12.7. The minimum Gasteiger partial charge on any atom is -0.496 e. The van der Waals surface area contributed by atoms with E-state index >= 15 is 0 Å². The summed E-state index contributed by atoms with van der Waals surface area (Å²) in [6.07, 6.45) is -3.22. The van der Waals surface area contributed by atoms with Crippen LogP contribution in [0.4, 0.5) is 13.2 Å². The van der Waals surface area contributed by atoms with Crippen LogP contribution in [-0.4, -0.2) is 28.2 Å². The van der Waals surface area contributed by atoms with Crippen LogP contribution in [0.5, 0.6) is 5.75 Å². The lowest BCUT2D eigenvalue weighted by atomic mass is 10.0. The quantitative estimate of drug-likeness (QED) is 0.904. The number of H-pyrrole nitrogens is 1. The number of nitrogens with zero attached hydrogens (tertiary/aromatic N) is 2. The molecule has 2 rings (SSSR count). The van der Waals surface area contributed by atoms with Gasteiger partial charge < -0.3 is 10.1 Å². The van der Waals surface area contributed by atoms with E-state index in [2.05, 4.69) is 20.5 Å². The van der Waals surface area contributed by atoms with Crippen molar-refractivity contribution < 1.29 is 22.7 Å². The number of aromatic nitrogens is 3. The van der Waals surface area contributed by atoms with Gasteiger partial charge in [0.2, 0.25) is 0 Å². The van der Waals surface area contributed by atoms with Crippen molar-refractivity contribution in [3.8, 4) is 5.75 Å². The number of hydrogen-bond acceptors (Lipinski definition) is 4. The van der Waals surface area contributed by atoms with Crippen molar-refractivity contribution in [1.82, 2.24) is 20.5 Å². The number of carbonyl (C=O) groups excluding carboxylic acids is 1. The molecule has 9 heteroatoms. The smallest absolute Gasteiger partial charge is 0.416 e. The van der Waals surface area contributed by atoms with E-state index in [1.165, 1.54) is 13.4 Å². The summed E-state index contributed by atoms with van der Waals surface area (Å²) in [7, 11) is 1.20. The first-order chi connectivity index (χ1) is 10.6. The molecule has 0 bridgehead atoms. The third-order valence-electron chi connectivity index (χ3n) is 3.21. The minimum atomic E-state index is -4.51. The standard InChI is InChI=1S/C14H15F3N4O2/c1-13(2,12-18-7-19-21-12)20-11(22)9-5-4-8(14(15,16)17)6-10(9)23-3/h4-7H,1-3H3,(H,20,22)(H,18,19,21). The molecule has 2 N–H and O–H groups in total. The van der Waals surface area contributed by atoms with Gasteiger partial charge >= 0.3 is 6.18 Å². The van der Waals surface area contributed by atoms with Gasteiger partial charge in [-0.1, -0.05) is 0 Å². The lowest BCUT2D eigenvalue weighted by Crippen LogP contribution is -2.42. The molecule has 124 valence electrons. The number of rotatable bonds is 4. The number of methoxy groups -OCH3 is 1. The van der Waals surface area contributed by atoms with Gasteiger partial charge in [0.15, 0.2) is 0 Å². The Hall–Kier alpha value is -2.58. The second kappa shape index (κ2) is 5.90. The largest absolute Gasteiger partial charge is 0.496 e. The molecule has 1 aromatic heterocycles. The summed E-state index contributed by atoms with van der Waals surface area (Å²) in [6, 6.07) is 2.70. The van der Waals surface area contributed by atoms with Crippen LogP contribution in [-0.2, 0) is 11.7 Å². The number of halogens is 3. The van der Waals surface area contributed by atoms with E-state index in [0.29, 0.717) is 5.82 Å². The monoisotopic (exact) mass is 328 g/mol. The van der Waals surface area contributed by atoms with Gasteiger partial charge in [0.05, 0.1) is 23.8 Å². The minimum absolute atomic E-state index is 0.00640. The van der Waals surface area contributed by atoms with Gasteiger partial charge in [-0.05, 0) is 32.0 Å². The Morgan fingerprint density at radius 1 is 1.30 bits per heavy atom. The zero-order valence-corrected chi connectivity index (χ0v) is 12.7. The summed E-state index contributed by atoms with van der Waals surface area (Å²) in [5.41, 5.74) is -1.78. The maximum atomic E-state index is 12.7. The molecule has 0 radical (unpaired) electrons. The van der Waals surface area contributed by atoms with E-state index in [-0.39, 0.29) is 11.3 Å². The summed E-state index contributed by atoms with van der Waals surface area (Å²) < 4.78 is 43.1. The summed E-state index contributed by atoms with van der Waals surface area (Å²) in [4.78, 5) is 16.3. The fourth-order valence-corrected chi connectivity index (χ4v) is 1.97. The molecular formula is C14H15F3N4O2. The highest BCUT2D eigenvalue weighted by Gasteiger charge is 2.33. The molecule has 0 aliphatic rings. The first-order valence-electron chi connectivity index (χ1n) is 6.59. The van der Waals surface area contributed by atoms with Crippen LogP contribution >= 0.6 is 0 Å². The van der Waals surface area contributed by atoms with Crippen molar-refractivity contribution in [2.75, 3.05) is 7.11 Å². The van der Waals surface area contributed by atoms with E-state index in [1.807, 2.05) is 0 Å². The summed E-state index contributed by atoms with van der Waals surface area (Å²) in [5, 5.41) is 9.01.